The highest BCUT2D eigenvalue weighted by Gasteiger charge is 2.06. The molecular weight excluding hydrogens is 322 g/mol. The molecule has 0 aliphatic heterocycles. The van der Waals surface area contributed by atoms with Gasteiger partial charge in [-0.25, -0.2) is 4.98 Å². The van der Waals surface area contributed by atoms with E-state index in [-0.39, 0.29) is 0 Å². The number of anilines is 1. The zero-order valence-electron chi connectivity index (χ0n) is 9.23. The van der Waals surface area contributed by atoms with Gasteiger partial charge in [0.1, 0.15) is 5.82 Å². The molecule has 90 valence electrons. The van der Waals surface area contributed by atoms with Crippen LogP contribution in [-0.4, -0.2) is 17.0 Å². The molecule has 17 heavy (non-hydrogen) atoms. The van der Waals surface area contributed by atoms with Gasteiger partial charge in [-0.15, -0.1) is 22.9 Å². The Bertz CT molecular complexity index is 486. The molecular formula is C11H11BrClN3S. The fourth-order valence-electron chi connectivity index (χ4n) is 1.37. The first kappa shape index (κ1) is 12.8. The summed E-state index contributed by atoms with van der Waals surface area (Å²) < 4.78 is 1.12. The first-order valence-corrected chi connectivity index (χ1v) is 7.20. The van der Waals surface area contributed by atoms with Crippen molar-refractivity contribution >= 4 is 44.7 Å². The van der Waals surface area contributed by atoms with Crippen LogP contribution >= 0.6 is 38.9 Å². The van der Waals surface area contributed by atoms with E-state index in [9.17, 15) is 0 Å². The number of rotatable bonds is 4. The van der Waals surface area contributed by atoms with Crippen LogP contribution in [-0.2, 0) is 12.4 Å². The number of nitrogens with zero attached hydrogens (tertiary/aromatic N) is 3. The minimum atomic E-state index is 0.398. The Labute approximate surface area is 118 Å². The van der Waals surface area contributed by atoms with Crippen LogP contribution in [0.2, 0.25) is 0 Å². The zero-order valence-corrected chi connectivity index (χ0v) is 12.4. The van der Waals surface area contributed by atoms with Crippen LogP contribution in [0.3, 0.4) is 0 Å². The van der Waals surface area contributed by atoms with Crippen molar-refractivity contribution in [2.24, 2.45) is 0 Å². The lowest BCUT2D eigenvalue weighted by atomic mass is 10.4. The topological polar surface area (TPSA) is 29.0 Å². The molecule has 0 unspecified atom stereocenters. The molecule has 0 aliphatic carbocycles. The Kier molecular flexibility index (Phi) is 4.36. The molecule has 0 N–H and O–H groups in total. The first-order valence-electron chi connectivity index (χ1n) is 5.00. The third-order valence-corrected chi connectivity index (χ3v) is 4.19. The lowest BCUT2D eigenvalue weighted by Gasteiger charge is -2.16. The molecule has 2 aromatic heterocycles. The third kappa shape index (κ3) is 3.40. The van der Waals surface area contributed by atoms with Crippen LogP contribution in [0, 0.1) is 0 Å². The van der Waals surface area contributed by atoms with Crippen LogP contribution in [0.4, 0.5) is 5.82 Å². The summed E-state index contributed by atoms with van der Waals surface area (Å²) in [5, 5.41) is 2.07. The van der Waals surface area contributed by atoms with E-state index < -0.39 is 0 Å². The second-order valence-electron chi connectivity index (χ2n) is 3.59. The van der Waals surface area contributed by atoms with Gasteiger partial charge in [-0.3, -0.25) is 4.98 Å². The van der Waals surface area contributed by atoms with Crippen molar-refractivity contribution in [1.29, 1.82) is 0 Å². The second kappa shape index (κ2) is 5.80. The van der Waals surface area contributed by atoms with Gasteiger partial charge >= 0.3 is 0 Å². The van der Waals surface area contributed by atoms with Gasteiger partial charge in [0.05, 0.1) is 30.5 Å². The highest BCUT2D eigenvalue weighted by Crippen LogP contribution is 2.22. The molecule has 6 heteroatoms. The molecule has 0 amide bonds. The van der Waals surface area contributed by atoms with Crippen LogP contribution in [0.25, 0.3) is 0 Å². The number of thiophene rings is 1. The minimum absolute atomic E-state index is 0.398. The second-order valence-corrected chi connectivity index (χ2v) is 5.77. The van der Waals surface area contributed by atoms with Crippen LogP contribution < -0.4 is 4.90 Å². The van der Waals surface area contributed by atoms with Crippen molar-refractivity contribution in [2.75, 3.05) is 11.9 Å². The number of aromatic nitrogens is 2. The van der Waals surface area contributed by atoms with Gasteiger partial charge in [-0.05, 0) is 22.0 Å². The number of hydrogen-bond donors (Lipinski definition) is 0. The van der Waals surface area contributed by atoms with E-state index in [0.29, 0.717) is 5.88 Å². The molecule has 0 bridgehead atoms. The van der Waals surface area contributed by atoms with Crippen LogP contribution in [0.15, 0.2) is 28.3 Å². The number of halogens is 2. The average molecular weight is 333 g/mol. The van der Waals surface area contributed by atoms with Gasteiger partial charge in [0, 0.05) is 21.8 Å². The third-order valence-electron chi connectivity index (χ3n) is 2.23. The predicted molar refractivity (Wildman–Crippen MR) is 75.7 cm³/mol. The Morgan fingerprint density at radius 3 is 2.76 bits per heavy atom. The molecule has 0 fully saturated rings. The van der Waals surface area contributed by atoms with Crippen molar-refractivity contribution < 1.29 is 0 Å². The largest absolute Gasteiger partial charge is 0.353 e. The first-order chi connectivity index (χ1) is 8.19. The summed E-state index contributed by atoms with van der Waals surface area (Å²) in [5.41, 5.74) is 0.794. The monoisotopic (exact) mass is 331 g/mol. The van der Waals surface area contributed by atoms with Gasteiger partial charge in [0.2, 0.25) is 0 Å². The molecule has 2 rings (SSSR count). The van der Waals surface area contributed by atoms with E-state index in [4.69, 9.17) is 11.6 Å². The number of alkyl halides is 1. The summed E-state index contributed by atoms with van der Waals surface area (Å²) in [7, 11) is 2.00. The molecule has 0 saturated heterocycles. The fraction of sp³-hybridized carbons (Fsp3) is 0.273. The summed E-state index contributed by atoms with van der Waals surface area (Å²) in [6, 6.07) is 2.11. The lowest BCUT2D eigenvalue weighted by Crippen LogP contribution is -2.17. The average Bonchev–Trinajstić information content (AvgIpc) is 2.75. The minimum Gasteiger partial charge on any atom is -0.353 e. The Morgan fingerprint density at radius 2 is 2.24 bits per heavy atom. The van der Waals surface area contributed by atoms with Crippen molar-refractivity contribution in [3.8, 4) is 0 Å². The zero-order chi connectivity index (χ0) is 12.3. The summed E-state index contributed by atoms with van der Waals surface area (Å²) in [5.74, 6) is 1.25. The molecule has 0 radical (unpaired) electrons. The Hall–Kier alpha value is -0.650. The van der Waals surface area contributed by atoms with E-state index in [1.165, 1.54) is 4.88 Å². The van der Waals surface area contributed by atoms with Crippen molar-refractivity contribution in [3.63, 3.8) is 0 Å². The molecule has 0 aliphatic rings. The highest BCUT2D eigenvalue weighted by molar-refractivity contribution is 9.10. The van der Waals surface area contributed by atoms with Crippen molar-refractivity contribution in [1.82, 2.24) is 9.97 Å². The summed E-state index contributed by atoms with van der Waals surface area (Å²) in [4.78, 5) is 11.9. The Morgan fingerprint density at radius 1 is 1.41 bits per heavy atom. The molecule has 2 aromatic rings. The molecule has 3 nitrogen and oxygen atoms in total. The van der Waals surface area contributed by atoms with Gasteiger partial charge in [0.25, 0.3) is 0 Å². The maximum Gasteiger partial charge on any atom is 0.147 e. The fourth-order valence-corrected chi connectivity index (χ4v) is 3.01. The summed E-state index contributed by atoms with van der Waals surface area (Å²) in [6.07, 6.45) is 3.46. The maximum absolute atomic E-state index is 5.67. The van der Waals surface area contributed by atoms with E-state index in [1.807, 2.05) is 7.05 Å². The number of hydrogen-bond acceptors (Lipinski definition) is 4. The maximum atomic E-state index is 5.67. The summed E-state index contributed by atoms with van der Waals surface area (Å²) in [6.45, 7) is 0.825. The molecule has 2 heterocycles. The van der Waals surface area contributed by atoms with E-state index in [1.54, 1.807) is 23.7 Å². The van der Waals surface area contributed by atoms with Gasteiger partial charge in [-0.1, -0.05) is 0 Å². The molecule has 0 aromatic carbocycles. The standard InChI is InChI=1S/C11H11BrClN3S/c1-16(6-10-2-8(12)7-17-10)11-5-14-9(3-13)4-15-11/h2,4-5,7H,3,6H2,1H3. The van der Waals surface area contributed by atoms with E-state index in [2.05, 4.69) is 42.2 Å². The molecule has 0 atom stereocenters. The molecule has 0 saturated carbocycles. The van der Waals surface area contributed by atoms with Crippen LogP contribution in [0.1, 0.15) is 10.6 Å². The van der Waals surface area contributed by atoms with Crippen molar-refractivity contribution in [3.05, 3.63) is 38.9 Å². The van der Waals surface area contributed by atoms with Gasteiger partial charge < -0.3 is 4.90 Å². The van der Waals surface area contributed by atoms with Gasteiger partial charge in [0.15, 0.2) is 0 Å². The van der Waals surface area contributed by atoms with E-state index in [0.717, 1.165) is 22.5 Å². The SMILES string of the molecule is CN(Cc1cc(Br)cs1)c1cnc(CCl)cn1. The van der Waals surface area contributed by atoms with E-state index >= 15 is 0 Å². The lowest BCUT2D eigenvalue weighted by molar-refractivity contribution is 0.897. The highest BCUT2D eigenvalue weighted by atomic mass is 79.9. The quantitative estimate of drug-likeness (QED) is 0.800. The predicted octanol–water partition coefficient (Wildman–Crippen LogP) is 3.68. The smallest absolute Gasteiger partial charge is 0.147 e. The summed E-state index contributed by atoms with van der Waals surface area (Å²) >= 11 is 10.8. The van der Waals surface area contributed by atoms with Crippen molar-refractivity contribution in [2.45, 2.75) is 12.4 Å². The van der Waals surface area contributed by atoms with Gasteiger partial charge in [-0.2, -0.15) is 0 Å². The van der Waals surface area contributed by atoms with Crippen LogP contribution in [0.5, 0.6) is 0 Å². The molecule has 0 spiro atoms. The Balaban J connectivity index is 2.06. The normalized spacial score (nSPS) is 10.5.